The van der Waals surface area contributed by atoms with Gasteiger partial charge in [0.25, 0.3) is 5.91 Å². The van der Waals surface area contributed by atoms with Gasteiger partial charge < -0.3 is 15.4 Å². The van der Waals surface area contributed by atoms with Crippen molar-refractivity contribution in [2.75, 3.05) is 33.3 Å². The van der Waals surface area contributed by atoms with Crippen molar-refractivity contribution in [1.82, 2.24) is 15.5 Å². The maximum Gasteiger partial charge on any atom is 0.251 e. The van der Waals surface area contributed by atoms with Crippen molar-refractivity contribution in [3.8, 4) is 5.75 Å². The molecule has 0 saturated carbocycles. The summed E-state index contributed by atoms with van der Waals surface area (Å²) < 4.78 is 18.3. The molecule has 29 heavy (non-hydrogen) atoms. The van der Waals surface area contributed by atoms with E-state index in [0.717, 1.165) is 37.2 Å². The fraction of sp³-hybridized carbons (Fsp3) is 0.364. The average molecular weight is 399 g/mol. The van der Waals surface area contributed by atoms with Gasteiger partial charge in [0.1, 0.15) is 11.6 Å². The van der Waals surface area contributed by atoms with Crippen molar-refractivity contribution in [2.24, 2.45) is 0 Å². The van der Waals surface area contributed by atoms with E-state index in [2.05, 4.69) is 15.5 Å². The summed E-state index contributed by atoms with van der Waals surface area (Å²) in [4.78, 5) is 26.7. The Kier molecular flexibility index (Phi) is 7.19. The van der Waals surface area contributed by atoms with Crippen LogP contribution in [0.25, 0.3) is 0 Å². The van der Waals surface area contributed by atoms with Crippen LogP contribution in [-0.4, -0.2) is 50.0 Å². The number of ether oxygens (including phenoxy) is 1. The largest absolute Gasteiger partial charge is 0.497 e. The molecule has 6 nitrogen and oxygen atoms in total. The average Bonchev–Trinajstić information content (AvgIpc) is 3.27. The van der Waals surface area contributed by atoms with Crippen molar-refractivity contribution in [3.05, 3.63) is 65.5 Å². The minimum atomic E-state index is -0.413. The first-order chi connectivity index (χ1) is 14.1. The Labute approximate surface area is 170 Å². The van der Waals surface area contributed by atoms with E-state index in [0.29, 0.717) is 12.1 Å². The van der Waals surface area contributed by atoms with E-state index in [9.17, 15) is 14.0 Å². The van der Waals surface area contributed by atoms with Crippen molar-refractivity contribution >= 4 is 11.8 Å². The Bertz CT molecular complexity index is 835. The van der Waals surface area contributed by atoms with Crippen molar-refractivity contribution in [3.63, 3.8) is 0 Å². The van der Waals surface area contributed by atoms with Crippen molar-refractivity contribution < 1.29 is 18.7 Å². The first kappa shape index (κ1) is 20.8. The number of benzene rings is 2. The fourth-order valence-electron chi connectivity index (χ4n) is 3.50. The second-order valence-corrected chi connectivity index (χ2v) is 7.03. The SMILES string of the molecule is COc1cccc(C(CNC(=O)CNC(=O)c2ccc(F)cc2)N2CCCC2)c1. The zero-order valence-corrected chi connectivity index (χ0v) is 16.5. The molecular weight excluding hydrogens is 373 g/mol. The highest BCUT2D eigenvalue weighted by molar-refractivity contribution is 5.96. The van der Waals surface area contributed by atoms with Crippen LogP contribution >= 0.6 is 0 Å². The molecule has 0 radical (unpaired) electrons. The molecule has 2 aromatic rings. The molecule has 1 atom stereocenters. The summed E-state index contributed by atoms with van der Waals surface area (Å²) in [7, 11) is 1.63. The summed E-state index contributed by atoms with van der Waals surface area (Å²) in [5.74, 6) is -0.314. The molecule has 0 spiro atoms. The molecular formula is C22H26FN3O3. The standard InChI is InChI=1S/C22H26FN3O3/c1-29-19-6-4-5-17(13-19)20(26-11-2-3-12-26)14-24-21(27)15-25-22(28)16-7-9-18(23)10-8-16/h4-10,13,20H,2-3,11-12,14-15H2,1H3,(H,24,27)(H,25,28). The smallest absolute Gasteiger partial charge is 0.251 e. The van der Waals surface area contributed by atoms with Gasteiger partial charge in [-0.3, -0.25) is 14.5 Å². The lowest BCUT2D eigenvalue weighted by molar-refractivity contribution is -0.120. The van der Waals surface area contributed by atoms with Gasteiger partial charge in [0, 0.05) is 12.1 Å². The van der Waals surface area contributed by atoms with Gasteiger partial charge >= 0.3 is 0 Å². The molecule has 2 amide bonds. The molecule has 1 aliphatic heterocycles. The summed E-state index contributed by atoms with van der Waals surface area (Å²) in [5, 5.41) is 5.48. The Hall–Kier alpha value is -2.93. The number of hydrogen-bond acceptors (Lipinski definition) is 4. The van der Waals surface area contributed by atoms with Gasteiger partial charge in [-0.1, -0.05) is 12.1 Å². The number of carbonyl (C=O) groups excluding carboxylic acids is 2. The highest BCUT2D eigenvalue weighted by Gasteiger charge is 2.24. The van der Waals surface area contributed by atoms with Crippen LogP contribution in [0.5, 0.6) is 5.75 Å². The molecule has 1 fully saturated rings. The molecule has 1 aliphatic rings. The summed E-state index contributed by atoms with van der Waals surface area (Å²) in [6.45, 7) is 2.28. The number of hydrogen-bond donors (Lipinski definition) is 2. The van der Waals surface area contributed by atoms with E-state index in [4.69, 9.17) is 4.74 Å². The number of likely N-dealkylation sites (tertiary alicyclic amines) is 1. The van der Waals surface area contributed by atoms with Crippen LogP contribution in [0.2, 0.25) is 0 Å². The monoisotopic (exact) mass is 399 g/mol. The zero-order valence-electron chi connectivity index (χ0n) is 16.5. The second-order valence-electron chi connectivity index (χ2n) is 7.03. The number of methoxy groups -OCH3 is 1. The van der Waals surface area contributed by atoms with Gasteiger partial charge in [0.05, 0.1) is 19.7 Å². The van der Waals surface area contributed by atoms with Gasteiger partial charge in [-0.25, -0.2) is 4.39 Å². The lowest BCUT2D eigenvalue weighted by Gasteiger charge is -2.28. The normalized spacial score (nSPS) is 15.0. The summed E-state index contributed by atoms with van der Waals surface area (Å²) in [6, 6.07) is 13.1. The molecule has 0 bridgehead atoms. The second kappa shape index (κ2) is 10.0. The van der Waals surface area contributed by atoms with Crippen LogP contribution in [0.1, 0.15) is 34.8 Å². The minimum absolute atomic E-state index is 0.0457. The summed E-state index contributed by atoms with van der Waals surface area (Å²) >= 11 is 0. The number of nitrogens with zero attached hydrogens (tertiary/aromatic N) is 1. The highest BCUT2D eigenvalue weighted by atomic mass is 19.1. The first-order valence-electron chi connectivity index (χ1n) is 9.75. The van der Waals surface area contributed by atoms with Crippen LogP contribution in [0, 0.1) is 5.82 Å². The lowest BCUT2D eigenvalue weighted by atomic mass is 10.0. The molecule has 2 aromatic carbocycles. The van der Waals surface area contributed by atoms with Gasteiger partial charge in [-0.15, -0.1) is 0 Å². The van der Waals surface area contributed by atoms with E-state index < -0.39 is 11.7 Å². The Morgan fingerprint density at radius 3 is 2.52 bits per heavy atom. The Morgan fingerprint density at radius 1 is 1.10 bits per heavy atom. The third-order valence-electron chi connectivity index (χ3n) is 5.07. The van der Waals surface area contributed by atoms with E-state index in [1.165, 1.54) is 24.3 Å². The third-order valence-corrected chi connectivity index (χ3v) is 5.07. The Balaban J connectivity index is 1.56. The number of rotatable bonds is 8. The quantitative estimate of drug-likeness (QED) is 0.716. The third kappa shape index (κ3) is 5.77. The van der Waals surface area contributed by atoms with Gasteiger partial charge in [0.15, 0.2) is 0 Å². The van der Waals surface area contributed by atoms with Crippen LogP contribution in [0.15, 0.2) is 48.5 Å². The minimum Gasteiger partial charge on any atom is -0.497 e. The zero-order chi connectivity index (χ0) is 20.6. The maximum atomic E-state index is 12.9. The molecule has 3 rings (SSSR count). The number of carbonyl (C=O) groups is 2. The van der Waals surface area contributed by atoms with Gasteiger partial charge in [-0.2, -0.15) is 0 Å². The summed E-state index contributed by atoms with van der Waals surface area (Å²) in [5.41, 5.74) is 1.40. The molecule has 1 saturated heterocycles. The molecule has 154 valence electrons. The topological polar surface area (TPSA) is 70.7 Å². The van der Waals surface area contributed by atoms with Gasteiger partial charge in [0.2, 0.25) is 5.91 Å². The maximum absolute atomic E-state index is 12.9. The Morgan fingerprint density at radius 2 is 1.83 bits per heavy atom. The van der Waals surface area contributed by atoms with Crippen LogP contribution in [0.3, 0.4) is 0 Å². The van der Waals surface area contributed by atoms with Crippen LogP contribution < -0.4 is 15.4 Å². The highest BCUT2D eigenvalue weighted by Crippen LogP contribution is 2.27. The molecule has 7 heteroatoms. The fourth-order valence-corrected chi connectivity index (χ4v) is 3.50. The van der Waals surface area contributed by atoms with E-state index in [1.54, 1.807) is 7.11 Å². The van der Waals surface area contributed by atoms with Crippen LogP contribution in [-0.2, 0) is 4.79 Å². The van der Waals surface area contributed by atoms with E-state index >= 15 is 0 Å². The molecule has 1 unspecified atom stereocenters. The molecule has 2 N–H and O–H groups in total. The molecule has 1 heterocycles. The molecule has 0 aromatic heterocycles. The van der Waals surface area contributed by atoms with Crippen molar-refractivity contribution in [1.29, 1.82) is 0 Å². The van der Waals surface area contributed by atoms with Crippen LogP contribution in [0.4, 0.5) is 4.39 Å². The summed E-state index contributed by atoms with van der Waals surface area (Å²) in [6.07, 6.45) is 2.28. The predicted octanol–water partition coefficient (Wildman–Crippen LogP) is 2.52. The number of nitrogens with one attached hydrogen (secondary N) is 2. The van der Waals surface area contributed by atoms with E-state index in [-0.39, 0.29) is 18.5 Å². The van der Waals surface area contributed by atoms with Crippen molar-refractivity contribution in [2.45, 2.75) is 18.9 Å². The number of halogens is 1. The number of amides is 2. The lowest BCUT2D eigenvalue weighted by Crippen LogP contribution is -2.41. The van der Waals surface area contributed by atoms with E-state index in [1.807, 2.05) is 24.3 Å². The first-order valence-corrected chi connectivity index (χ1v) is 9.75. The predicted molar refractivity (Wildman–Crippen MR) is 108 cm³/mol. The van der Waals surface area contributed by atoms with Gasteiger partial charge in [-0.05, 0) is 67.9 Å². The molecule has 0 aliphatic carbocycles.